The molecule has 100 valence electrons. The van der Waals surface area contributed by atoms with Gasteiger partial charge in [0.05, 0.1) is 19.3 Å². The van der Waals surface area contributed by atoms with E-state index in [0.717, 1.165) is 25.5 Å². The van der Waals surface area contributed by atoms with Gasteiger partial charge in [-0.3, -0.25) is 4.98 Å². The van der Waals surface area contributed by atoms with Crippen LogP contribution in [0.15, 0.2) is 36.7 Å². The van der Waals surface area contributed by atoms with Crippen LogP contribution >= 0.6 is 34.2 Å². The third-order valence-electron chi connectivity index (χ3n) is 2.86. The maximum Gasteiger partial charge on any atom is 0.137 e. The molecule has 0 aliphatic carbocycles. The third kappa shape index (κ3) is 3.38. The summed E-state index contributed by atoms with van der Waals surface area (Å²) in [5.41, 5.74) is 2.17. The molecule has 0 saturated heterocycles. The molecule has 5 heteroatoms. The fraction of sp³-hybridized carbons (Fsp3) is 0.214. The number of nitrogens with zero attached hydrogens (tertiary/aromatic N) is 1. The molecule has 1 atom stereocenters. The van der Waals surface area contributed by atoms with Gasteiger partial charge in [-0.05, 0) is 65.0 Å². The highest BCUT2D eigenvalue weighted by molar-refractivity contribution is 14.1. The molecule has 2 rings (SSSR count). The molecule has 0 radical (unpaired) electrons. The predicted octanol–water partition coefficient (Wildman–Crippen LogP) is 3.66. The number of benzene rings is 1. The Morgan fingerprint density at radius 1 is 1.32 bits per heavy atom. The molecule has 1 unspecified atom stereocenters. The lowest BCUT2D eigenvalue weighted by molar-refractivity contribution is 0.411. The number of ether oxygens (including phenoxy) is 1. The average Bonchev–Trinajstić information content (AvgIpc) is 2.44. The molecule has 0 bridgehead atoms. The first-order valence-corrected chi connectivity index (χ1v) is 7.22. The Labute approximate surface area is 131 Å². The quantitative estimate of drug-likeness (QED) is 0.812. The molecular weight excluding hydrogens is 375 g/mol. The summed E-state index contributed by atoms with van der Waals surface area (Å²) in [7, 11) is 3.56. The smallest absolute Gasteiger partial charge is 0.137 e. The second-order valence-corrected chi connectivity index (χ2v) is 5.64. The Bertz CT molecular complexity index is 577. The molecule has 0 spiro atoms. The van der Waals surface area contributed by atoms with Crippen molar-refractivity contribution in [2.45, 2.75) is 6.04 Å². The first-order valence-electron chi connectivity index (χ1n) is 5.77. The van der Waals surface area contributed by atoms with Crippen LogP contribution in [0, 0.1) is 3.57 Å². The zero-order valence-corrected chi connectivity index (χ0v) is 13.6. The van der Waals surface area contributed by atoms with Crippen LogP contribution in [-0.2, 0) is 0 Å². The van der Waals surface area contributed by atoms with E-state index in [1.807, 2.05) is 37.5 Å². The number of aromatic nitrogens is 1. The Kier molecular flexibility index (Phi) is 5.01. The second-order valence-electron chi connectivity index (χ2n) is 4.05. The van der Waals surface area contributed by atoms with Gasteiger partial charge in [-0.2, -0.15) is 0 Å². The van der Waals surface area contributed by atoms with Crippen molar-refractivity contribution in [3.05, 3.63) is 56.4 Å². The minimum atomic E-state index is 0.0354. The molecule has 0 amide bonds. The monoisotopic (exact) mass is 388 g/mol. The van der Waals surface area contributed by atoms with E-state index in [-0.39, 0.29) is 6.04 Å². The highest BCUT2D eigenvalue weighted by Crippen LogP contribution is 2.29. The van der Waals surface area contributed by atoms with Crippen molar-refractivity contribution >= 4 is 34.2 Å². The van der Waals surface area contributed by atoms with Crippen molar-refractivity contribution in [3.63, 3.8) is 0 Å². The number of hydrogen-bond donors (Lipinski definition) is 1. The average molecular weight is 389 g/mol. The van der Waals surface area contributed by atoms with Gasteiger partial charge in [0.15, 0.2) is 0 Å². The van der Waals surface area contributed by atoms with Crippen molar-refractivity contribution in [2.75, 3.05) is 14.2 Å². The normalized spacial score (nSPS) is 12.2. The maximum atomic E-state index is 6.09. The zero-order valence-electron chi connectivity index (χ0n) is 10.7. The molecular formula is C14H14ClIN2O. The molecule has 3 nitrogen and oxygen atoms in total. The molecule has 1 N–H and O–H groups in total. The summed E-state index contributed by atoms with van der Waals surface area (Å²) in [6.07, 6.45) is 3.53. The van der Waals surface area contributed by atoms with Gasteiger partial charge >= 0.3 is 0 Å². The van der Waals surface area contributed by atoms with E-state index in [1.54, 1.807) is 13.3 Å². The van der Waals surface area contributed by atoms with E-state index in [2.05, 4.69) is 32.9 Å². The van der Waals surface area contributed by atoms with Crippen LogP contribution in [0.3, 0.4) is 0 Å². The lowest BCUT2D eigenvalue weighted by Crippen LogP contribution is -2.19. The number of hydrogen-bond acceptors (Lipinski definition) is 3. The number of nitrogens with one attached hydrogen (secondary N) is 1. The summed E-state index contributed by atoms with van der Waals surface area (Å²) in [6.45, 7) is 0. The fourth-order valence-electron chi connectivity index (χ4n) is 1.94. The molecule has 1 heterocycles. The van der Waals surface area contributed by atoms with Gasteiger partial charge in [0, 0.05) is 14.8 Å². The lowest BCUT2D eigenvalue weighted by Gasteiger charge is -2.19. The summed E-state index contributed by atoms with van der Waals surface area (Å²) < 4.78 is 6.38. The summed E-state index contributed by atoms with van der Waals surface area (Å²) in [5, 5.41) is 4.02. The molecule has 19 heavy (non-hydrogen) atoms. The van der Waals surface area contributed by atoms with Gasteiger partial charge in [0.25, 0.3) is 0 Å². The highest BCUT2D eigenvalue weighted by atomic mass is 127. The van der Waals surface area contributed by atoms with E-state index in [4.69, 9.17) is 16.3 Å². The number of halogens is 2. The standard InChI is InChI=1S/C14H14ClIN2O/c1-17-14(9-5-11(19-2)8-18-7-9)12-6-10(15)3-4-13(12)16/h3-8,14,17H,1-2H3. The topological polar surface area (TPSA) is 34.2 Å². The van der Waals surface area contributed by atoms with E-state index in [0.29, 0.717) is 0 Å². The van der Waals surface area contributed by atoms with E-state index < -0.39 is 0 Å². The van der Waals surface area contributed by atoms with Crippen LogP contribution in [0.2, 0.25) is 5.02 Å². The Morgan fingerprint density at radius 2 is 2.11 bits per heavy atom. The summed E-state index contributed by atoms with van der Waals surface area (Å²) >= 11 is 8.40. The number of rotatable bonds is 4. The van der Waals surface area contributed by atoms with Gasteiger partial charge in [-0.25, -0.2) is 0 Å². The van der Waals surface area contributed by atoms with Gasteiger partial charge < -0.3 is 10.1 Å². The van der Waals surface area contributed by atoms with Gasteiger partial charge in [-0.1, -0.05) is 11.6 Å². The van der Waals surface area contributed by atoms with E-state index in [1.165, 1.54) is 0 Å². The molecule has 0 aliphatic heterocycles. The molecule has 1 aromatic carbocycles. The molecule has 1 aromatic heterocycles. The number of pyridine rings is 1. The Morgan fingerprint density at radius 3 is 2.79 bits per heavy atom. The first kappa shape index (κ1) is 14.6. The van der Waals surface area contributed by atoms with Gasteiger partial charge in [0.2, 0.25) is 0 Å². The molecule has 0 fully saturated rings. The first-order chi connectivity index (χ1) is 9.15. The fourth-order valence-corrected chi connectivity index (χ4v) is 2.77. The van der Waals surface area contributed by atoms with Gasteiger partial charge in [0.1, 0.15) is 5.75 Å². The van der Waals surface area contributed by atoms with Crippen LogP contribution in [0.25, 0.3) is 0 Å². The van der Waals surface area contributed by atoms with Crippen LogP contribution in [0.1, 0.15) is 17.2 Å². The minimum Gasteiger partial charge on any atom is -0.495 e. The van der Waals surface area contributed by atoms with Crippen molar-refractivity contribution in [3.8, 4) is 5.75 Å². The molecule has 2 aromatic rings. The summed E-state index contributed by atoms with van der Waals surface area (Å²) in [6, 6.07) is 7.89. The van der Waals surface area contributed by atoms with E-state index in [9.17, 15) is 0 Å². The number of methoxy groups -OCH3 is 1. The van der Waals surface area contributed by atoms with Crippen LogP contribution < -0.4 is 10.1 Å². The SMILES string of the molecule is CNC(c1cncc(OC)c1)c1cc(Cl)ccc1I. The Balaban J connectivity index is 2.46. The maximum absolute atomic E-state index is 6.09. The lowest BCUT2D eigenvalue weighted by atomic mass is 10.0. The van der Waals surface area contributed by atoms with Crippen LogP contribution in [0.5, 0.6) is 5.75 Å². The summed E-state index contributed by atoms with van der Waals surface area (Å²) in [4.78, 5) is 4.20. The van der Waals surface area contributed by atoms with Crippen molar-refractivity contribution in [1.82, 2.24) is 10.3 Å². The second kappa shape index (κ2) is 6.54. The summed E-state index contributed by atoms with van der Waals surface area (Å²) in [5.74, 6) is 0.745. The molecule has 0 saturated carbocycles. The Hall–Kier alpha value is -0.850. The molecule has 0 aliphatic rings. The van der Waals surface area contributed by atoms with Gasteiger partial charge in [-0.15, -0.1) is 0 Å². The van der Waals surface area contributed by atoms with Crippen molar-refractivity contribution < 1.29 is 4.74 Å². The van der Waals surface area contributed by atoms with Crippen LogP contribution in [0.4, 0.5) is 0 Å². The van der Waals surface area contributed by atoms with E-state index >= 15 is 0 Å². The minimum absolute atomic E-state index is 0.0354. The van der Waals surface area contributed by atoms with Crippen molar-refractivity contribution in [2.24, 2.45) is 0 Å². The zero-order chi connectivity index (χ0) is 13.8. The predicted molar refractivity (Wildman–Crippen MR) is 85.9 cm³/mol. The largest absolute Gasteiger partial charge is 0.495 e. The van der Waals surface area contributed by atoms with Crippen molar-refractivity contribution in [1.29, 1.82) is 0 Å². The third-order valence-corrected chi connectivity index (χ3v) is 4.08. The highest BCUT2D eigenvalue weighted by Gasteiger charge is 2.16. The van der Waals surface area contributed by atoms with Crippen LogP contribution in [-0.4, -0.2) is 19.1 Å².